The van der Waals surface area contributed by atoms with E-state index in [2.05, 4.69) is 20.4 Å². The lowest BCUT2D eigenvalue weighted by Crippen LogP contribution is -2.07. The summed E-state index contributed by atoms with van der Waals surface area (Å²) < 4.78 is 7.48. The maximum atomic E-state index is 12.1. The molecule has 4 aromatic rings. The van der Waals surface area contributed by atoms with Gasteiger partial charge in [-0.05, 0) is 61.0 Å². The summed E-state index contributed by atoms with van der Waals surface area (Å²) in [6.07, 6.45) is 6.66. The first kappa shape index (κ1) is 20.3. The SMILES string of the molecule is Cc1nc(Oc2ccc(NC(=O)/C=C/c3ccc(Cl)cc3)cc2)cc(-n2cccn2)n1. The Kier molecular flexibility index (Phi) is 6.05. The molecule has 0 saturated carbocycles. The van der Waals surface area contributed by atoms with Crippen LogP contribution in [0.4, 0.5) is 5.69 Å². The first-order chi connectivity index (χ1) is 15.0. The summed E-state index contributed by atoms with van der Waals surface area (Å²) in [7, 11) is 0. The molecular formula is C23H18ClN5O2. The van der Waals surface area contributed by atoms with E-state index in [1.807, 2.05) is 18.2 Å². The zero-order chi connectivity index (χ0) is 21.6. The molecule has 0 aliphatic rings. The molecule has 0 fully saturated rings. The van der Waals surface area contributed by atoms with Gasteiger partial charge >= 0.3 is 0 Å². The lowest BCUT2D eigenvalue weighted by Gasteiger charge is -2.09. The fourth-order valence-corrected chi connectivity index (χ4v) is 2.88. The van der Waals surface area contributed by atoms with Crippen LogP contribution >= 0.6 is 11.6 Å². The number of anilines is 1. The second-order valence-electron chi connectivity index (χ2n) is 6.56. The standard InChI is InChI=1S/C23H18ClN5O2/c1-16-26-21(29-14-2-13-25-29)15-23(27-16)31-20-10-8-19(9-11-20)28-22(30)12-5-17-3-6-18(24)7-4-17/h2-15H,1H3,(H,28,30)/b12-5+. The normalized spacial score (nSPS) is 10.9. The lowest BCUT2D eigenvalue weighted by molar-refractivity contribution is -0.111. The maximum Gasteiger partial charge on any atom is 0.248 e. The second-order valence-corrected chi connectivity index (χ2v) is 7.00. The maximum absolute atomic E-state index is 12.1. The predicted molar refractivity (Wildman–Crippen MR) is 120 cm³/mol. The van der Waals surface area contributed by atoms with Gasteiger partial charge in [-0.3, -0.25) is 4.79 Å². The van der Waals surface area contributed by atoms with E-state index in [1.54, 1.807) is 72.5 Å². The third-order valence-electron chi connectivity index (χ3n) is 4.18. The highest BCUT2D eigenvalue weighted by Gasteiger charge is 2.07. The van der Waals surface area contributed by atoms with Gasteiger partial charge in [0.2, 0.25) is 11.8 Å². The molecular weight excluding hydrogens is 414 g/mol. The topological polar surface area (TPSA) is 81.9 Å². The minimum atomic E-state index is -0.237. The Morgan fingerprint density at radius 1 is 1.10 bits per heavy atom. The van der Waals surface area contributed by atoms with E-state index in [0.29, 0.717) is 34.0 Å². The van der Waals surface area contributed by atoms with Crippen molar-refractivity contribution in [2.24, 2.45) is 0 Å². The van der Waals surface area contributed by atoms with Crippen molar-refractivity contribution in [2.75, 3.05) is 5.32 Å². The summed E-state index contributed by atoms with van der Waals surface area (Å²) in [5.41, 5.74) is 1.53. The zero-order valence-electron chi connectivity index (χ0n) is 16.6. The summed E-state index contributed by atoms with van der Waals surface area (Å²) in [6.45, 7) is 1.79. The fourth-order valence-electron chi connectivity index (χ4n) is 2.76. The molecule has 8 heteroatoms. The van der Waals surface area contributed by atoms with Crippen LogP contribution in [0.3, 0.4) is 0 Å². The van der Waals surface area contributed by atoms with Crippen LogP contribution in [0, 0.1) is 6.92 Å². The molecule has 154 valence electrons. The molecule has 31 heavy (non-hydrogen) atoms. The number of aromatic nitrogens is 4. The predicted octanol–water partition coefficient (Wildman–Crippen LogP) is 5.07. The van der Waals surface area contributed by atoms with Crippen molar-refractivity contribution in [1.29, 1.82) is 0 Å². The third-order valence-corrected chi connectivity index (χ3v) is 4.43. The number of nitrogens with zero attached hydrogens (tertiary/aromatic N) is 4. The summed E-state index contributed by atoms with van der Waals surface area (Å²) in [5.74, 6) is 1.93. The Morgan fingerprint density at radius 3 is 2.58 bits per heavy atom. The van der Waals surface area contributed by atoms with E-state index < -0.39 is 0 Å². The van der Waals surface area contributed by atoms with Crippen molar-refractivity contribution in [1.82, 2.24) is 19.7 Å². The van der Waals surface area contributed by atoms with Gasteiger partial charge in [0.05, 0.1) is 0 Å². The fraction of sp³-hybridized carbons (Fsp3) is 0.0435. The van der Waals surface area contributed by atoms with Crippen LogP contribution in [-0.4, -0.2) is 25.7 Å². The van der Waals surface area contributed by atoms with Crippen molar-refractivity contribution < 1.29 is 9.53 Å². The van der Waals surface area contributed by atoms with Gasteiger partial charge in [0.1, 0.15) is 11.6 Å². The minimum Gasteiger partial charge on any atom is -0.439 e. The Morgan fingerprint density at radius 2 is 1.87 bits per heavy atom. The number of ether oxygens (including phenoxy) is 1. The van der Waals surface area contributed by atoms with Crippen molar-refractivity contribution in [3.63, 3.8) is 0 Å². The quantitative estimate of drug-likeness (QED) is 0.431. The highest BCUT2D eigenvalue weighted by Crippen LogP contribution is 2.23. The van der Waals surface area contributed by atoms with Gasteiger partial charge in [-0.2, -0.15) is 10.1 Å². The number of hydrogen-bond acceptors (Lipinski definition) is 5. The molecule has 0 unspecified atom stereocenters. The van der Waals surface area contributed by atoms with E-state index in [0.717, 1.165) is 5.56 Å². The molecule has 2 aromatic heterocycles. The van der Waals surface area contributed by atoms with Gasteiger partial charge in [-0.15, -0.1) is 0 Å². The second kappa shape index (κ2) is 9.23. The van der Waals surface area contributed by atoms with Gasteiger partial charge in [-0.25, -0.2) is 9.67 Å². The van der Waals surface area contributed by atoms with Gasteiger partial charge in [-0.1, -0.05) is 23.7 Å². The highest BCUT2D eigenvalue weighted by molar-refractivity contribution is 6.30. The molecule has 1 N–H and O–H groups in total. The Hall–Kier alpha value is -3.97. The lowest BCUT2D eigenvalue weighted by atomic mass is 10.2. The van der Waals surface area contributed by atoms with Crippen LogP contribution in [0.2, 0.25) is 5.02 Å². The minimum absolute atomic E-state index is 0.237. The van der Waals surface area contributed by atoms with Crippen molar-refractivity contribution in [3.05, 3.63) is 95.5 Å². The number of amides is 1. The van der Waals surface area contributed by atoms with E-state index in [9.17, 15) is 4.79 Å². The van der Waals surface area contributed by atoms with Crippen molar-refractivity contribution in [3.8, 4) is 17.4 Å². The Labute approximate surface area is 184 Å². The molecule has 0 atom stereocenters. The number of halogens is 1. The first-order valence-corrected chi connectivity index (χ1v) is 9.81. The number of rotatable bonds is 6. The molecule has 0 saturated heterocycles. The van der Waals surface area contributed by atoms with Gasteiger partial charge < -0.3 is 10.1 Å². The number of nitrogens with one attached hydrogen (secondary N) is 1. The summed E-state index contributed by atoms with van der Waals surface area (Å²) in [5, 5.41) is 7.63. The van der Waals surface area contributed by atoms with Gasteiger partial charge in [0.25, 0.3) is 0 Å². The molecule has 2 aromatic carbocycles. The Bertz CT molecular complexity index is 1200. The molecule has 1 amide bonds. The number of aryl methyl sites for hydroxylation is 1. The van der Waals surface area contributed by atoms with Gasteiger partial charge in [0.15, 0.2) is 5.82 Å². The summed E-state index contributed by atoms with van der Waals surface area (Å²) in [4.78, 5) is 20.8. The smallest absolute Gasteiger partial charge is 0.248 e. The Balaban J connectivity index is 1.39. The van der Waals surface area contributed by atoms with E-state index in [1.165, 1.54) is 6.08 Å². The molecule has 0 spiro atoms. The number of benzene rings is 2. The van der Waals surface area contributed by atoms with Crippen LogP contribution in [0.1, 0.15) is 11.4 Å². The van der Waals surface area contributed by atoms with Crippen LogP contribution in [0.5, 0.6) is 11.6 Å². The average Bonchev–Trinajstić information content (AvgIpc) is 3.29. The van der Waals surface area contributed by atoms with Crippen LogP contribution < -0.4 is 10.1 Å². The zero-order valence-corrected chi connectivity index (χ0v) is 17.3. The number of carbonyl (C=O) groups is 1. The summed E-state index contributed by atoms with van der Waals surface area (Å²) in [6, 6.07) is 17.8. The molecule has 0 aliphatic heterocycles. The molecule has 0 radical (unpaired) electrons. The molecule has 2 heterocycles. The van der Waals surface area contributed by atoms with Crippen LogP contribution in [0.25, 0.3) is 11.9 Å². The third kappa shape index (κ3) is 5.55. The molecule has 7 nitrogen and oxygen atoms in total. The molecule has 4 rings (SSSR count). The van der Waals surface area contributed by atoms with E-state index >= 15 is 0 Å². The first-order valence-electron chi connectivity index (χ1n) is 9.43. The largest absolute Gasteiger partial charge is 0.439 e. The monoisotopic (exact) mass is 431 g/mol. The van der Waals surface area contributed by atoms with Crippen LogP contribution in [-0.2, 0) is 4.79 Å². The molecule has 0 bridgehead atoms. The van der Waals surface area contributed by atoms with Gasteiger partial charge in [0, 0.05) is 35.2 Å². The highest BCUT2D eigenvalue weighted by atomic mass is 35.5. The summed E-state index contributed by atoms with van der Waals surface area (Å²) >= 11 is 5.86. The van der Waals surface area contributed by atoms with E-state index in [-0.39, 0.29) is 5.91 Å². The average molecular weight is 432 g/mol. The van der Waals surface area contributed by atoms with Crippen molar-refractivity contribution >= 4 is 29.3 Å². The van der Waals surface area contributed by atoms with E-state index in [4.69, 9.17) is 16.3 Å². The number of carbonyl (C=O) groups excluding carboxylic acids is 1. The molecule has 0 aliphatic carbocycles. The van der Waals surface area contributed by atoms with Crippen molar-refractivity contribution in [2.45, 2.75) is 6.92 Å². The van der Waals surface area contributed by atoms with Crippen LogP contribution in [0.15, 0.2) is 79.1 Å². The number of hydrogen-bond donors (Lipinski definition) is 1.